The zero-order valence-electron chi connectivity index (χ0n) is 17.7. The number of hydrogen-bond acceptors (Lipinski definition) is 2. The van der Waals surface area contributed by atoms with Crippen LogP contribution in [0.1, 0.15) is 42.0 Å². The van der Waals surface area contributed by atoms with Crippen LogP contribution in [0.25, 0.3) is 0 Å². The third-order valence-corrected chi connectivity index (χ3v) is 5.66. The number of likely N-dealkylation sites (N-methyl/N-ethyl adjacent to an activating group) is 1. The molecule has 172 valence electrons. The zero-order valence-corrected chi connectivity index (χ0v) is 17.7. The van der Waals surface area contributed by atoms with Gasteiger partial charge in [-0.05, 0) is 24.6 Å². The quantitative estimate of drug-likeness (QED) is 0.660. The summed E-state index contributed by atoms with van der Waals surface area (Å²) >= 11 is 0. The number of nitrogens with zero attached hydrogens (tertiary/aromatic N) is 2. The van der Waals surface area contributed by atoms with Crippen LogP contribution in [-0.4, -0.2) is 30.9 Å². The maximum absolute atomic E-state index is 15.0. The summed E-state index contributed by atoms with van der Waals surface area (Å²) in [5.41, 5.74) is -2.90. The van der Waals surface area contributed by atoms with Crippen LogP contribution in [0.3, 0.4) is 0 Å². The molecule has 1 aliphatic heterocycles. The van der Waals surface area contributed by atoms with Crippen molar-refractivity contribution in [2.45, 2.75) is 37.4 Å². The minimum Gasteiger partial charge on any atom is -0.345 e. The molecule has 0 radical (unpaired) electrons. The van der Waals surface area contributed by atoms with Gasteiger partial charge in [-0.15, -0.1) is 0 Å². The average molecular weight is 457 g/mol. The molecule has 3 rings (SSSR count). The number of aliphatic imine (C=N–C) groups is 1. The highest BCUT2D eigenvalue weighted by Gasteiger charge is 2.50. The monoisotopic (exact) mass is 457 g/mol. The van der Waals surface area contributed by atoms with Crippen molar-refractivity contribution in [1.82, 2.24) is 10.2 Å². The van der Waals surface area contributed by atoms with Crippen molar-refractivity contribution >= 4 is 11.9 Å². The number of rotatable bonds is 3. The molecule has 1 N–H and O–H groups in total. The number of halogens is 6. The summed E-state index contributed by atoms with van der Waals surface area (Å²) in [6, 6.07) is 7.06. The predicted octanol–water partition coefficient (Wildman–Crippen LogP) is 5.00. The number of benzene rings is 2. The van der Waals surface area contributed by atoms with Crippen molar-refractivity contribution in [1.29, 1.82) is 0 Å². The summed E-state index contributed by atoms with van der Waals surface area (Å²) in [6.07, 6.45) is -4.74. The number of nitrogens with one attached hydrogen (secondary N) is 1. The molecule has 2 atom stereocenters. The Bertz CT molecular complexity index is 1060. The molecular weight excluding hydrogens is 436 g/mol. The van der Waals surface area contributed by atoms with Crippen LogP contribution < -0.4 is 5.32 Å². The number of alkyl halides is 5. The van der Waals surface area contributed by atoms with Crippen molar-refractivity contribution in [2.75, 3.05) is 14.1 Å². The van der Waals surface area contributed by atoms with Gasteiger partial charge in [0.1, 0.15) is 5.82 Å². The molecule has 4 nitrogen and oxygen atoms in total. The lowest BCUT2D eigenvalue weighted by molar-refractivity contribution is -0.138. The van der Waals surface area contributed by atoms with Gasteiger partial charge < -0.3 is 5.32 Å². The molecule has 0 unspecified atom stereocenters. The van der Waals surface area contributed by atoms with Crippen LogP contribution in [-0.2, 0) is 22.4 Å². The fourth-order valence-electron chi connectivity index (χ4n) is 3.92. The van der Waals surface area contributed by atoms with Gasteiger partial charge in [-0.1, -0.05) is 30.3 Å². The number of amides is 1. The highest BCUT2D eigenvalue weighted by atomic mass is 19.4. The third-order valence-electron chi connectivity index (χ3n) is 5.66. The van der Waals surface area contributed by atoms with E-state index in [1.54, 1.807) is 0 Å². The smallest absolute Gasteiger partial charge is 0.345 e. The SMILES string of the molecule is CN=C1N[C@](C)(c2ccc(C(F)(F)F)cc2F)[C@@H](c2ccc(C(C)(F)F)cc2)C(=O)N1C. The van der Waals surface area contributed by atoms with E-state index in [-0.39, 0.29) is 17.1 Å². The molecule has 0 bridgehead atoms. The maximum atomic E-state index is 15.0. The maximum Gasteiger partial charge on any atom is 0.416 e. The van der Waals surface area contributed by atoms with Crippen LogP contribution >= 0.6 is 0 Å². The first-order valence-corrected chi connectivity index (χ1v) is 9.58. The van der Waals surface area contributed by atoms with Gasteiger partial charge in [-0.25, -0.2) is 13.2 Å². The Morgan fingerprint density at radius 2 is 1.59 bits per heavy atom. The van der Waals surface area contributed by atoms with Crippen molar-refractivity contribution in [3.8, 4) is 0 Å². The second kappa shape index (κ2) is 7.83. The first kappa shape index (κ1) is 23.6. The largest absolute Gasteiger partial charge is 0.416 e. The fraction of sp³-hybridized carbons (Fsp3) is 0.364. The first-order valence-electron chi connectivity index (χ1n) is 9.58. The lowest BCUT2D eigenvalue weighted by atomic mass is 9.73. The highest BCUT2D eigenvalue weighted by Crippen LogP contribution is 2.43. The average Bonchev–Trinajstić information content (AvgIpc) is 2.69. The lowest BCUT2D eigenvalue weighted by Gasteiger charge is -2.46. The summed E-state index contributed by atoms with van der Waals surface area (Å²) in [5, 5.41) is 2.95. The van der Waals surface area contributed by atoms with Gasteiger partial charge in [0.25, 0.3) is 5.92 Å². The van der Waals surface area contributed by atoms with E-state index in [2.05, 4.69) is 10.3 Å². The summed E-state index contributed by atoms with van der Waals surface area (Å²) in [7, 11) is 2.83. The molecule has 1 aliphatic rings. The van der Waals surface area contributed by atoms with Gasteiger partial charge in [0.15, 0.2) is 0 Å². The molecule has 1 amide bonds. The molecule has 32 heavy (non-hydrogen) atoms. The molecule has 2 aromatic carbocycles. The standard InChI is InChI=1S/C22H21F6N3O/c1-20(15-10-9-14(11-16(15)23)22(26,27)28)17(18(32)31(4)19(29-3)30-20)12-5-7-13(8-6-12)21(2,24)25/h5-11,17H,1-4H3,(H,29,30)/t17-,20+/m0/s1. The normalized spacial score (nSPS) is 23.4. The second-order valence-corrected chi connectivity index (χ2v) is 7.91. The number of carbonyl (C=O) groups is 1. The summed E-state index contributed by atoms with van der Waals surface area (Å²) in [6.45, 7) is 2.19. The third kappa shape index (κ3) is 4.05. The van der Waals surface area contributed by atoms with Gasteiger partial charge in [-0.2, -0.15) is 13.2 Å². The lowest BCUT2D eigenvalue weighted by Crippen LogP contribution is -2.63. The fourth-order valence-corrected chi connectivity index (χ4v) is 3.92. The van der Waals surface area contributed by atoms with Gasteiger partial charge in [-0.3, -0.25) is 14.7 Å². The Kier molecular flexibility index (Phi) is 5.78. The predicted molar refractivity (Wildman–Crippen MR) is 107 cm³/mol. The highest BCUT2D eigenvalue weighted by molar-refractivity contribution is 6.03. The number of hydrogen-bond donors (Lipinski definition) is 1. The molecule has 1 fully saturated rings. The zero-order chi connectivity index (χ0) is 24.1. The molecular formula is C22H21F6N3O. The molecule has 1 heterocycles. The molecule has 0 spiro atoms. The van der Waals surface area contributed by atoms with Crippen molar-refractivity contribution in [3.05, 3.63) is 70.5 Å². The van der Waals surface area contributed by atoms with Crippen molar-refractivity contribution in [2.24, 2.45) is 4.99 Å². The van der Waals surface area contributed by atoms with Crippen molar-refractivity contribution in [3.63, 3.8) is 0 Å². The van der Waals surface area contributed by atoms with E-state index < -0.39 is 40.8 Å². The van der Waals surface area contributed by atoms with E-state index >= 15 is 0 Å². The van der Waals surface area contributed by atoms with E-state index in [9.17, 15) is 31.1 Å². The summed E-state index contributed by atoms with van der Waals surface area (Å²) in [5.74, 6) is -5.84. The van der Waals surface area contributed by atoms with Crippen LogP contribution in [0, 0.1) is 5.82 Å². The summed E-state index contributed by atoms with van der Waals surface area (Å²) < 4.78 is 81.3. The molecule has 2 aromatic rings. The Labute approximate surface area is 180 Å². The molecule has 0 aromatic heterocycles. The first-order chi connectivity index (χ1) is 14.7. The van der Waals surface area contributed by atoms with E-state index in [0.29, 0.717) is 11.6 Å². The van der Waals surface area contributed by atoms with Gasteiger partial charge in [0.05, 0.1) is 17.0 Å². The minimum atomic E-state index is -4.74. The molecule has 10 heteroatoms. The van der Waals surface area contributed by atoms with Crippen molar-refractivity contribution < 1.29 is 31.1 Å². The van der Waals surface area contributed by atoms with Gasteiger partial charge in [0.2, 0.25) is 11.9 Å². The van der Waals surface area contributed by atoms with Crippen LogP contribution in [0.5, 0.6) is 0 Å². The van der Waals surface area contributed by atoms with E-state index in [1.165, 1.54) is 38.1 Å². The summed E-state index contributed by atoms with van der Waals surface area (Å²) in [4.78, 5) is 18.4. The van der Waals surface area contributed by atoms with Crippen LogP contribution in [0.2, 0.25) is 0 Å². The second-order valence-electron chi connectivity index (χ2n) is 7.91. The van der Waals surface area contributed by atoms with E-state index in [4.69, 9.17) is 0 Å². The molecule has 0 aliphatic carbocycles. The Morgan fingerprint density at radius 3 is 2.06 bits per heavy atom. The topological polar surface area (TPSA) is 44.7 Å². The van der Waals surface area contributed by atoms with Crippen LogP contribution in [0.4, 0.5) is 26.3 Å². The van der Waals surface area contributed by atoms with Gasteiger partial charge >= 0.3 is 6.18 Å². The Hall–Kier alpha value is -3.04. The van der Waals surface area contributed by atoms with Crippen LogP contribution in [0.15, 0.2) is 47.5 Å². The Balaban J connectivity index is 2.18. The minimum absolute atomic E-state index is 0.0877. The van der Waals surface area contributed by atoms with E-state index in [1.807, 2.05) is 0 Å². The number of guanidine groups is 1. The molecule has 1 saturated heterocycles. The van der Waals surface area contributed by atoms with Gasteiger partial charge in [0, 0.05) is 32.1 Å². The van der Waals surface area contributed by atoms with E-state index in [0.717, 1.165) is 31.2 Å². The Morgan fingerprint density at radius 1 is 1.03 bits per heavy atom. The number of carbonyl (C=O) groups excluding carboxylic acids is 1. The molecule has 0 saturated carbocycles.